The van der Waals surface area contributed by atoms with Crippen molar-refractivity contribution in [2.24, 2.45) is 0 Å². The van der Waals surface area contributed by atoms with Crippen LogP contribution in [-0.4, -0.2) is 39.4 Å². The van der Waals surface area contributed by atoms with Crippen molar-refractivity contribution in [3.05, 3.63) is 10.7 Å². The minimum absolute atomic E-state index is 0.00259. The van der Waals surface area contributed by atoms with Gasteiger partial charge in [0.2, 0.25) is 0 Å². The van der Waals surface area contributed by atoms with Gasteiger partial charge in [-0.25, -0.2) is 0 Å². The molecule has 0 unspecified atom stereocenters. The number of amides is 1. The molecule has 8 heteroatoms. The van der Waals surface area contributed by atoms with E-state index in [1.807, 2.05) is 0 Å². The zero-order chi connectivity index (χ0) is 10.3. The maximum atomic E-state index is 11.3. The maximum Gasteiger partial charge on any atom is 0.511 e. The number of hydrogen-bond acceptors (Lipinski definition) is 4. The van der Waals surface area contributed by atoms with E-state index in [2.05, 4.69) is 10.4 Å². The van der Waals surface area contributed by atoms with Crippen molar-refractivity contribution >= 4 is 30.2 Å². The van der Waals surface area contributed by atoms with Gasteiger partial charge in [-0.1, -0.05) is 11.6 Å². The van der Waals surface area contributed by atoms with E-state index in [1.54, 1.807) is 0 Å². The van der Waals surface area contributed by atoms with Gasteiger partial charge in [0.05, 0.1) is 11.6 Å². The number of aromatic nitrogens is 2. The summed E-state index contributed by atoms with van der Waals surface area (Å²) >= 11 is 5.77. The standard InChI is InChI=1S/C6H7BClN3O3/c8-3-4-6(12)9-1-2-11(4)10-5(3)7(13)14/h13-14H,1-2H2,(H,9,12). The molecule has 0 spiro atoms. The van der Waals surface area contributed by atoms with Gasteiger partial charge in [-0.05, 0) is 0 Å². The van der Waals surface area contributed by atoms with E-state index in [-0.39, 0.29) is 22.2 Å². The molecule has 2 heterocycles. The van der Waals surface area contributed by atoms with E-state index in [0.29, 0.717) is 13.1 Å². The summed E-state index contributed by atoms with van der Waals surface area (Å²) in [6, 6.07) is 0. The van der Waals surface area contributed by atoms with Crippen LogP contribution in [-0.2, 0) is 6.54 Å². The van der Waals surface area contributed by atoms with Gasteiger partial charge in [0, 0.05) is 6.54 Å². The van der Waals surface area contributed by atoms with E-state index >= 15 is 0 Å². The third-order valence-corrected chi connectivity index (χ3v) is 2.36. The van der Waals surface area contributed by atoms with Gasteiger partial charge in [-0.3, -0.25) is 9.48 Å². The highest BCUT2D eigenvalue weighted by Gasteiger charge is 2.29. The molecule has 0 aliphatic carbocycles. The third kappa shape index (κ3) is 1.29. The molecule has 14 heavy (non-hydrogen) atoms. The zero-order valence-electron chi connectivity index (χ0n) is 7.07. The molecule has 3 N–H and O–H groups in total. The average Bonchev–Trinajstić information content (AvgIpc) is 2.45. The lowest BCUT2D eigenvalue weighted by molar-refractivity contribution is 0.0924. The average molecular weight is 215 g/mol. The predicted octanol–water partition coefficient (Wildman–Crippen LogP) is -2.04. The van der Waals surface area contributed by atoms with Crippen molar-refractivity contribution in [2.45, 2.75) is 6.54 Å². The summed E-state index contributed by atoms with van der Waals surface area (Å²) in [7, 11) is -1.76. The third-order valence-electron chi connectivity index (χ3n) is 1.99. The van der Waals surface area contributed by atoms with E-state index in [0.717, 1.165) is 0 Å². The van der Waals surface area contributed by atoms with Crippen LogP contribution in [0, 0.1) is 0 Å². The first-order chi connectivity index (χ1) is 6.61. The predicted molar refractivity (Wildman–Crippen MR) is 49.4 cm³/mol. The Labute approximate surface area is 84.6 Å². The molecule has 0 saturated heterocycles. The molecule has 1 aliphatic rings. The highest BCUT2D eigenvalue weighted by Crippen LogP contribution is 2.15. The summed E-state index contributed by atoms with van der Waals surface area (Å²) in [4.78, 5) is 11.3. The first-order valence-corrected chi connectivity index (χ1v) is 4.39. The Morgan fingerprint density at radius 2 is 2.29 bits per heavy atom. The van der Waals surface area contributed by atoms with E-state index < -0.39 is 7.12 Å². The lowest BCUT2D eigenvalue weighted by Crippen LogP contribution is -2.35. The molecule has 2 rings (SSSR count). The highest BCUT2D eigenvalue weighted by atomic mass is 35.5. The summed E-state index contributed by atoms with van der Waals surface area (Å²) < 4.78 is 1.37. The van der Waals surface area contributed by atoms with E-state index in [9.17, 15) is 4.79 Å². The van der Waals surface area contributed by atoms with Gasteiger partial charge in [0.1, 0.15) is 11.3 Å². The van der Waals surface area contributed by atoms with Gasteiger partial charge >= 0.3 is 7.12 Å². The second-order valence-electron chi connectivity index (χ2n) is 2.90. The summed E-state index contributed by atoms with van der Waals surface area (Å²) in [5, 5.41) is 24.2. The number of nitrogens with one attached hydrogen (secondary N) is 1. The topological polar surface area (TPSA) is 87.4 Å². The van der Waals surface area contributed by atoms with Crippen LogP contribution in [0.15, 0.2) is 0 Å². The molecule has 1 aliphatic heterocycles. The van der Waals surface area contributed by atoms with Gasteiger partial charge in [0.15, 0.2) is 0 Å². The molecule has 0 bridgehead atoms. The van der Waals surface area contributed by atoms with Crippen molar-refractivity contribution in [2.75, 3.05) is 6.54 Å². The quantitative estimate of drug-likeness (QED) is 0.471. The number of carbonyl (C=O) groups is 1. The molecular formula is C6H7BClN3O3. The van der Waals surface area contributed by atoms with Crippen molar-refractivity contribution in [1.29, 1.82) is 0 Å². The minimum atomic E-state index is -1.76. The lowest BCUT2D eigenvalue weighted by Gasteiger charge is -2.13. The van der Waals surface area contributed by atoms with Crippen molar-refractivity contribution in [1.82, 2.24) is 15.1 Å². The summed E-state index contributed by atoms with van der Waals surface area (Å²) in [5.74, 6) is -0.347. The summed E-state index contributed by atoms with van der Waals surface area (Å²) in [5.41, 5.74) is 0.0970. The molecule has 74 valence electrons. The number of halogens is 1. The van der Waals surface area contributed by atoms with E-state index in [1.165, 1.54) is 4.68 Å². The summed E-state index contributed by atoms with van der Waals surface area (Å²) in [6.07, 6.45) is 0. The number of nitrogens with zero attached hydrogens (tertiary/aromatic N) is 2. The highest BCUT2D eigenvalue weighted by molar-refractivity contribution is 6.62. The van der Waals surface area contributed by atoms with Gasteiger partial charge < -0.3 is 15.4 Å². The van der Waals surface area contributed by atoms with Crippen LogP contribution in [0.3, 0.4) is 0 Å². The first-order valence-electron chi connectivity index (χ1n) is 4.02. The molecule has 0 aromatic carbocycles. The Balaban J connectivity index is 2.55. The van der Waals surface area contributed by atoms with Crippen molar-refractivity contribution in [3.8, 4) is 0 Å². The van der Waals surface area contributed by atoms with Crippen molar-refractivity contribution in [3.63, 3.8) is 0 Å². The van der Waals surface area contributed by atoms with E-state index in [4.69, 9.17) is 21.6 Å². The fourth-order valence-electron chi connectivity index (χ4n) is 1.36. The molecular weight excluding hydrogens is 208 g/mol. The molecule has 0 fully saturated rings. The normalized spacial score (nSPS) is 14.9. The lowest BCUT2D eigenvalue weighted by atomic mass is 9.86. The van der Waals surface area contributed by atoms with Crippen LogP contribution >= 0.6 is 11.6 Å². The van der Waals surface area contributed by atoms with Crippen LogP contribution < -0.4 is 10.9 Å². The van der Waals surface area contributed by atoms with Crippen molar-refractivity contribution < 1.29 is 14.8 Å². The molecule has 1 amide bonds. The van der Waals surface area contributed by atoms with Gasteiger partial charge in [-0.2, -0.15) is 5.10 Å². The van der Waals surface area contributed by atoms with Gasteiger partial charge in [0.25, 0.3) is 5.91 Å². The minimum Gasteiger partial charge on any atom is -0.422 e. The number of rotatable bonds is 1. The Morgan fingerprint density at radius 1 is 1.57 bits per heavy atom. The summed E-state index contributed by atoms with van der Waals surface area (Å²) in [6.45, 7) is 0.943. The SMILES string of the molecule is O=C1NCCn2nc(B(O)O)c(Cl)c21. The van der Waals surface area contributed by atoms with Crippen LogP contribution in [0.1, 0.15) is 10.5 Å². The Kier molecular flexibility index (Phi) is 2.22. The zero-order valence-corrected chi connectivity index (χ0v) is 7.82. The smallest absolute Gasteiger partial charge is 0.422 e. The Hall–Kier alpha value is -1.05. The van der Waals surface area contributed by atoms with Crippen LogP contribution in [0.2, 0.25) is 5.02 Å². The molecule has 0 radical (unpaired) electrons. The fourth-order valence-corrected chi connectivity index (χ4v) is 1.68. The van der Waals surface area contributed by atoms with Crippen LogP contribution in [0.4, 0.5) is 0 Å². The van der Waals surface area contributed by atoms with Gasteiger partial charge in [-0.15, -0.1) is 0 Å². The van der Waals surface area contributed by atoms with Crippen LogP contribution in [0.25, 0.3) is 0 Å². The number of carbonyl (C=O) groups excluding carboxylic acids is 1. The fraction of sp³-hybridized carbons (Fsp3) is 0.333. The molecule has 1 aromatic heterocycles. The molecule has 1 aromatic rings. The molecule has 0 saturated carbocycles. The monoisotopic (exact) mass is 215 g/mol. The Morgan fingerprint density at radius 3 is 2.86 bits per heavy atom. The second kappa shape index (κ2) is 3.27. The second-order valence-corrected chi connectivity index (χ2v) is 3.28. The van der Waals surface area contributed by atoms with Crippen LogP contribution in [0.5, 0.6) is 0 Å². The maximum absolute atomic E-state index is 11.3. The first kappa shape index (κ1) is 9.51. The Bertz CT molecular complexity index is 392. The number of hydrogen-bond donors (Lipinski definition) is 3. The molecule has 6 nitrogen and oxygen atoms in total. The molecule has 0 atom stereocenters. The number of fused-ring (bicyclic) bond motifs is 1. The largest absolute Gasteiger partial charge is 0.511 e.